The molecule has 6 nitrogen and oxygen atoms in total. The van der Waals surface area contributed by atoms with Gasteiger partial charge in [-0.2, -0.15) is 0 Å². The van der Waals surface area contributed by atoms with Crippen molar-refractivity contribution < 1.29 is 9.59 Å². The monoisotopic (exact) mass is 398 g/mol. The predicted octanol–water partition coefficient (Wildman–Crippen LogP) is 2.37. The minimum Gasteiger partial charge on any atom is -0.339 e. The molecule has 0 unspecified atom stereocenters. The normalized spacial score (nSPS) is 31.8. The maximum absolute atomic E-state index is 13.3. The number of halogens is 1. The summed E-state index contributed by atoms with van der Waals surface area (Å²) in [6.45, 7) is 4.54. The third-order valence-electron chi connectivity index (χ3n) is 7.25. The van der Waals surface area contributed by atoms with Crippen LogP contribution in [0.25, 0.3) is 0 Å². The first-order valence-electron chi connectivity index (χ1n) is 10.7. The number of hydrogen-bond acceptors (Lipinski definition) is 3. The summed E-state index contributed by atoms with van der Waals surface area (Å²) < 4.78 is 0. The first-order chi connectivity index (χ1) is 12.7. The van der Waals surface area contributed by atoms with E-state index in [9.17, 15) is 9.59 Å². The molecule has 4 fully saturated rings. The fraction of sp³-hybridized carbons (Fsp3) is 0.900. The molecule has 0 aromatic carbocycles. The Hall–Kier alpha value is -1.01. The molecule has 2 atom stereocenters. The first-order valence-corrected chi connectivity index (χ1v) is 10.7. The van der Waals surface area contributed by atoms with Crippen LogP contribution in [-0.4, -0.2) is 67.0 Å². The Balaban J connectivity index is 0.00000210. The maximum atomic E-state index is 13.3. The molecule has 0 aromatic heterocycles. The molecule has 0 bridgehead atoms. The van der Waals surface area contributed by atoms with Gasteiger partial charge in [-0.05, 0) is 38.1 Å². The fourth-order valence-electron chi connectivity index (χ4n) is 5.61. The Morgan fingerprint density at radius 2 is 1.56 bits per heavy atom. The molecular formula is C20H35ClN4O2. The van der Waals surface area contributed by atoms with E-state index in [-0.39, 0.29) is 23.9 Å². The molecular weight excluding hydrogens is 364 g/mol. The number of nitrogens with one attached hydrogen (secondary N) is 2. The van der Waals surface area contributed by atoms with Crippen LogP contribution in [0, 0.1) is 11.3 Å². The van der Waals surface area contributed by atoms with Crippen molar-refractivity contribution in [2.75, 3.05) is 39.3 Å². The topological polar surface area (TPSA) is 64.7 Å². The molecule has 2 saturated heterocycles. The summed E-state index contributed by atoms with van der Waals surface area (Å²) >= 11 is 0. The summed E-state index contributed by atoms with van der Waals surface area (Å²) in [7, 11) is 0. The smallest absolute Gasteiger partial charge is 0.317 e. The molecule has 3 amide bonds. The van der Waals surface area contributed by atoms with E-state index in [1.807, 2.05) is 9.80 Å². The van der Waals surface area contributed by atoms with Crippen molar-refractivity contribution in [1.29, 1.82) is 0 Å². The first kappa shape index (κ1) is 20.7. The number of carbonyl (C=O) groups is 2. The second kappa shape index (κ2) is 8.99. The molecule has 27 heavy (non-hydrogen) atoms. The van der Waals surface area contributed by atoms with Gasteiger partial charge >= 0.3 is 6.03 Å². The zero-order valence-corrected chi connectivity index (χ0v) is 17.2. The maximum Gasteiger partial charge on any atom is 0.317 e. The summed E-state index contributed by atoms with van der Waals surface area (Å²) in [5.41, 5.74) is -0.162. The van der Waals surface area contributed by atoms with Crippen molar-refractivity contribution in [2.24, 2.45) is 11.3 Å². The van der Waals surface area contributed by atoms with Crippen LogP contribution in [0.1, 0.15) is 57.8 Å². The van der Waals surface area contributed by atoms with E-state index in [1.165, 1.54) is 38.5 Å². The van der Waals surface area contributed by atoms with Gasteiger partial charge in [0.25, 0.3) is 0 Å². The van der Waals surface area contributed by atoms with Crippen LogP contribution < -0.4 is 10.6 Å². The minimum atomic E-state index is -0.162. The number of nitrogens with zero attached hydrogens (tertiary/aromatic N) is 2. The number of fused-ring (bicyclic) bond motifs is 1. The minimum absolute atomic E-state index is 0. The molecule has 2 N–H and O–H groups in total. The van der Waals surface area contributed by atoms with Crippen LogP contribution >= 0.6 is 12.4 Å². The van der Waals surface area contributed by atoms with Gasteiger partial charge in [0.1, 0.15) is 0 Å². The predicted molar refractivity (Wildman–Crippen MR) is 108 cm³/mol. The van der Waals surface area contributed by atoms with E-state index in [2.05, 4.69) is 10.6 Å². The Bertz CT molecular complexity index is 532. The lowest BCUT2D eigenvalue weighted by molar-refractivity contribution is -0.146. The van der Waals surface area contributed by atoms with E-state index in [4.69, 9.17) is 0 Å². The summed E-state index contributed by atoms with van der Waals surface area (Å²) in [5.74, 6) is 0.857. The SMILES string of the molecule is Cl.O=C(NC1CCCCC1)N1CCN(C(=O)[C@@]23CCCC[C@H]2CNC3)CC1. The molecule has 2 aliphatic heterocycles. The molecule has 0 spiro atoms. The number of amides is 3. The molecule has 2 aliphatic carbocycles. The number of rotatable bonds is 2. The van der Waals surface area contributed by atoms with E-state index in [0.717, 1.165) is 32.4 Å². The van der Waals surface area contributed by atoms with Crippen LogP contribution in [-0.2, 0) is 4.79 Å². The van der Waals surface area contributed by atoms with Gasteiger partial charge in [0.2, 0.25) is 5.91 Å². The lowest BCUT2D eigenvalue weighted by atomic mass is 9.67. The van der Waals surface area contributed by atoms with E-state index in [0.29, 0.717) is 44.0 Å². The summed E-state index contributed by atoms with van der Waals surface area (Å²) in [5, 5.41) is 6.68. The van der Waals surface area contributed by atoms with Gasteiger partial charge < -0.3 is 20.4 Å². The standard InChI is InChI=1S/C20H34N4O2.ClH/c25-18(20-9-5-4-6-16(20)14-21-15-20)23-10-12-24(13-11-23)19(26)22-17-7-2-1-3-8-17;/h16-17,21H,1-15H2,(H,22,26);1H/t16-,20+;/m0./s1. The molecule has 2 heterocycles. The number of carbonyl (C=O) groups excluding carboxylic acids is 2. The second-order valence-electron chi connectivity index (χ2n) is 8.79. The number of urea groups is 1. The van der Waals surface area contributed by atoms with Gasteiger partial charge in [0.05, 0.1) is 5.41 Å². The van der Waals surface area contributed by atoms with Crippen molar-refractivity contribution in [3.05, 3.63) is 0 Å². The molecule has 154 valence electrons. The van der Waals surface area contributed by atoms with Crippen LogP contribution in [0.5, 0.6) is 0 Å². The molecule has 4 rings (SSSR count). The van der Waals surface area contributed by atoms with Crippen molar-refractivity contribution in [1.82, 2.24) is 20.4 Å². The third-order valence-corrected chi connectivity index (χ3v) is 7.25. The lowest BCUT2D eigenvalue weighted by Crippen LogP contribution is -2.58. The largest absolute Gasteiger partial charge is 0.339 e. The van der Waals surface area contributed by atoms with Crippen molar-refractivity contribution in [3.8, 4) is 0 Å². The number of piperazine rings is 1. The zero-order valence-electron chi connectivity index (χ0n) is 16.4. The highest BCUT2D eigenvalue weighted by molar-refractivity contribution is 5.85. The highest BCUT2D eigenvalue weighted by Crippen LogP contribution is 2.45. The van der Waals surface area contributed by atoms with Gasteiger partial charge in [-0.25, -0.2) is 4.79 Å². The second-order valence-corrected chi connectivity index (χ2v) is 8.79. The Morgan fingerprint density at radius 3 is 2.30 bits per heavy atom. The molecule has 7 heteroatoms. The Morgan fingerprint density at radius 1 is 0.889 bits per heavy atom. The fourth-order valence-corrected chi connectivity index (χ4v) is 5.61. The van der Waals surface area contributed by atoms with E-state index >= 15 is 0 Å². The van der Waals surface area contributed by atoms with Crippen molar-refractivity contribution in [3.63, 3.8) is 0 Å². The number of hydrogen-bond donors (Lipinski definition) is 2. The molecule has 2 saturated carbocycles. The van der Waals surface area contributed by atoms with Gasteiger partial charge in [-0.3, -0.25) is 4.79 Å². The van der Waals surface area contributed by atoms with Crippen LogP contribution in [0.4, 0.5) is 4.79 Å². The average molecular weight is 399 g/mol. The average Bonchev–Trinajstić information content (AvgIpc) is 3.13. The molecule has 0 aromatic rings. The highest BCUT2D eigenvalue weighted by atomic mass is 35.5. The van der Waals surface area contributed by atoms with Crippen molar-refractivity contribution in [2.45, 2.75) is 63.8 Å². The summed E-state index contributed by atoms with van der Waals surface area (Å²) in [4.78, 5) is 29.8. The van der Waals surface area contributed by atoms with Crippen LogP contribution in [0.15, 0.2) is 0 Å². The Kier molecular flexibility index (Phi) is 6.90. The van der Waals surface area contributed by atoms with Crippen LogP contribution in [0.2, 0.25) is 0 Å². The van der Waals surface area contributed by atoms with E-state index < -0.39 is 0 Å². The zero-order chi connectivity index (χ0) is 18.0. The van der Waals surface area contributed by atoms with Gasteiger partial charge in [0.15, 0.2) is 0 Å². The van der Waals surface area contributed by atoms with Crippen LogP contribution in [0.3, 0.4) is 0 Å². The van der Waals surface area contributed by atoms with Gasteiger partial charge in [-0.1, -0.05) is 32.1 Å². The van der Waals surface area contributed by atoms with E-state index in [1.54, 1.807) is 0 Å². The highest BCUT2D eigenvalue weighted by Gasteiger charge is 2.51. The summed E-state index contributed by atoms with van der Waals surface area (Å²) in [6.07, 6.45) is 10.6. The molecule has 0 radical (unpaired) electrons. The lowest BCUT2D eigenvalue weighted by Gasteiger charge is -2.43. The summed E-state index contributed by atoms with van der Waals surface area (Å²) in [6, 6.07) is 0.419. The van der Waals surface area contributed by atoms with Crippen molar-refractivity contribution >= 4 is 24.3 Å². The quantitative estimate of drug-likeness (QED) is 0.750. The molecule has 4 aliphatic rings. The Labute approximate surface area is 169 Å². The van der Waals surface area contributed by atoms with Gasteiger partial charge in [-0.15, -0.1) is 12.4 Å². The van der Waals surface area contributed by atoms with Gasteiger partial charge in [0, 0.05) is 38.8 Å². The third kappa shape index (κ3) is 4.21.